The molecule has 2 aromatic rings. The van der Waals surface area contributed by atoms with Crippen LogP contribution in [0.2, 0.25) is 0 Å². The van der Waals surface area contributed by atoms with Gasteiger partial charge < -0.3 is 14.9 Å². The quantitative estimate of drug-likeness (QED) is 0.856. The largest absolute Gasteiger partial charge is 0.391 e. The van der Waals surface area contributed by atoms with Crippen molar-refractivity contribution >= 4 is 5.91 Å². The lowest BCUT2D eigenvalue weighted by atomic mass is 10.0. The molecule has 0 bridgehead atoms. The highest BCUT2D eigenvalue weighted by Crippen LogP contribution is 2.19. The predicted molar refractivity (Wildman–Crippen MR) is 79.7 cm³/mol. The molecule has 1 aromatic heterocycles. The zero-order chi connectivity index (χ0) is 15.2. The molecule has 2 N–H and O–H groups in total. The number of nitrogens with zero attached hydrogens (tertiary/aromatic N) is 1. The van der Waals surface area contributed by atoms with Gasteiger partial charge in [0.1, 0.15) is 0 Å². The van der Waals surface area contributed by atoms with Crippen molar-refractivity contribution < 1.29 is 14.4 Å². The lowest BCUT2D eigenvalue weighted by Crippen LogP contribution is -2.35. The van der Waals surface area contributed by atoms with Crippen molar-refractivity contribution in [1.82, 2.24) is 10.5 Å². The zero-order valence-corrected chi connectivity index (χ0v) is 12.2. The molecule has 2 atom stereocenters. The number of aliphatic hydroxyl groups is 1. The van der Waals surface area contributed by atoms with Gasteiger partial charge in [-0.25, -0.2) is 0 Å². The summed E-state index contributed by atoms with van der Waals surface area (Å²) in [5.74, 6) is 0.342. The van der Waals surface area contributed by atoms with Crippen LogP contribution in [0.3, 0.4) is 0 Å². The normalized spacial score (nSPS) is 13.7. The maximum Gasteiger partial charge on any atom is 0.273 e. The van der Waals surface area contributed by atoms with E-state index in [1.165, 1.54) is 0 Å². The Labute approximate surface area is 124 Å². The Balaban J connectivity index is 1.97. The van der Waals surface area contributed by atoms with Gasteiger partial charge in [-0.3, -0.25) is 4.79 Å². The standard InChI is InChI=1S/C16H20N2O3/c1-3-11(2)14(19)10-17-16(20)13-9-15(21-18-13)12-7-5-4-6-8-12/h4-9,11,14,19H,3,10H2,1-2H3,(H,17,20). The van der Waals surface area contributed by atoms with E-state index < -0.39 is 6.10 Å². The van der Waals surface area contributed by atoms with E-state index in [1.807, 2.05) is 44.2 Å². The Kier molecular flexibility index (Phi) is 5.11. The van der Waals surface area contributed by atoms with E-state index in [0.717, 1.165) is 12.0 Å². The number of hydrogen-bond acceptors (Lipinski definition) is 4. The lowest BCUT2D eigenvalue weighted by Gasteiger charge is -2.16. The van der Waals surface area contributed by atoms with Crippen molar-refractivity contribution in [2.75, 3.05) is 6.54 Å². The molecule has 1 amide bonds. The molecule has 21 heavy (non-hydrogen) atoms. The van der Waals surface area contributed by atoms with Crippen molar-refractivity contribution in [3.05, 3.63) is 42.1 Å². The summed E-state index contributed by atoms with van der Waals surface area (Å²) in [5.41, 5.74) is 1.08. The number of aliphatic hydroxyl groups excluding tert-OH is 1. The van der Waals surface area contributed by atoms with Gasteiger partial charge >= 0.3 is 0 Å². The van der Waals surface area contributed by atoms with E-state index in [9.17, 15) is 9.90 Å². The van der Waals surface area contributed by atoms with Crippen LogP contribution in [0.25, 0.3) is 11.3 Å². The van der Waals surface area contributed by atoms with Crippen molar-refractivity contribution in [2.24, 2.45) is 5.92 Å². The van der Waals surface area contributed by atoms with Gasteiger partial charge in [0.05, 0.1) is 6.10 Å². The molecular formula is C16H20N2O3. The highest BCUT2D eigenvalue weighted by atomic mass is 16.5. The SMILES string of the molecule is CCC(C)C(O)CNC(=O)c1cc(-c2ccccc2)on1. The molecular weight excluding hydrogens is 268 g/mol. The van der Waals surface area contributed by atoms with E-state index in [-0.39, 0.29) is 24.1 Å². The molecule has 0 aliphatic heterocycles. The number of carbonyl (C=O) groups excluding carboxylic acids is 1. The molecule has 1 aromatic carbocycles. The van der Waals surface area contributed by atoms with Crippen LogP contribution in [0.5, 0.6) is 0 Å². The van der Waals surface area contributed by atoms with Gasteiger partial charge in [-0.1, -0.05) is 55.8 Å². The number of nitrogens with one attached hydrogen (secondary N) is 1. The topological polar surface area (TPSA) is 75.4 Å². The first-order valence-electron chi connectivity index (χ1n) is 7.10. The van der Waals surface area contributed by atoms with Crippen LogP contribution >= 0.6 is 0 Å². The number of benzene rings is 1. The molecule has 0 saturated heterocycles. The third kappa shape index (κ3) is 3.92. The Morgan fingerprint density at radius 1 is 1.38 bits per heavy atom. The van der Waals surface area contributed by atoms with E-state index in [0.29, 0.717) is 5.76 Å². The Hall–Kier alpha value is -2.14. The van der Waals surface area contributed by atoms with Crippen molar-refractivity contribution in [1.29, 1.82) is 0 Å². The minimum absolute atomic E-state index is 0.141. The maximum absolute atomic E-state index is 12.0. The summed E-state index contributed by atoms with van der Waals surface area (Å²) in [6.45, 7) is 4.15. The summed E-state index contributed by atoms with van der Waals surface area (Å²) in [7, 11) is 0. The lowest BCUT2D eigenvalue weighted by molar-refractivity contribution is 0.0842. The molecule has 1 heterocycles. The van der Waals surface area contributed by atoms with E-state index >= 15 is 0 Å². The zero-order valence-electron chi connectivity index (χ0n) is 12.2. The molecule has 2 rings (SSSR count). The number of amides is 1. The molecule has 112 valence electrons. The summed E-state index contributed by atoms with van der Waals surface area (Å²) in [6, 6.07) is 11.0. The van der Waals surface area contributed by atoms with Gasteiger partial charge in [0.25, 0.3) is 5.91 Å². The van der Waals surface area contributed by atoms with Crippen LogP contribution in [0.1, 0.15) is 30.8 Å². The second kappa shape index (κ2) is 7.04. The number of carbonyl (C=O) groups is 1. The smallest absolute Gasteiger partial charge is 0.273 e. The fourth-order valence-corrected chi connectivity index (χ4v) is 1.88. The first kappa shape index (κ1) is 15.3. The summed E-state index contributed by atoms with van der Waals surface area (Å²) in [5, 5.41) is 16.3. The number of rotatable bonds is 6. The summed E-state index contributed by atoms with van der Waals surface area (Å²) in [6.07, 6.45) is 0.304. The third-order valence-corrected chi connectivity index (χ3v) is 3.57. The van der Waals surface area contributed by atoms with Gasteiger partial charge in [0.2, 0.25) is 0 Å². The summed E-state index contributed by atoms with van der Waals surface area (Å²) in [4.78, 5) is 12.0. The Morgan fingerprint density at radius 3 is 2.76 bits per heavy atom. The third-order valence-electron chi connectivity index (χ3n) is 3.57. The molecule has 5 heteroatoms. The monoisotopic (exact) mass is 288 g/mol. The van der Waals surface area contributed by atoms with E-state index in [4.69, 9.17) is 4.52 Å². The van der Waals surface area contributed by atoms with Gasteiger partial charge in [-0.15, -0.1) is 0 Å². The van der Waals surface area contributed by atoms with Crippen LogP contribution in [0.4, 0.5) is 0 Å². The number of aromatic nitrogens is 1. The fraction of sp³-hybridized carbons (Fsp3) is 0.375. The highest BCUT2D eigenvalue weighted by Gasteiger charge is 2.17. The van der Waals surface area contributed by atoms with E-state index in [2.05, 4.69) is 10.5 Å². The fourth-order valence-electron chi connectivity index (χ4n) is 1.88. The minimum Gasteiger partial charge on any atom is -0.391 e. The number of hydrogen-bond donors (Lipinski definition) is 2. The second-order valence-corrected chi connectivity index (χ2v) is 5.11. The average molecular weight is 288 g/mol. The van der Waals surface area contributed by atoms with E-state index in [1.54, 1.807) is 6.07 Å². The molecule has 5 nitrogen and oxygen atoms in total. The minimum atomic E-state index is -0.556. The van der Waals surface area contributed by atoms with Crippen LogP contribution in [0.15, 0.2) is 40.9 Å². The molecule has 0 saturated carbocycles. The van der Waals surface area contributed by atoms with Gasteiger partial charge in [-0.2, -0.15) is 0 Å². The van der Waals surface area contributed by atoms with Gasteiger partial charge in [0, 0.05) is 18.2 Å². The van der Waals surface area contributed by atoms with Crippen molar-refractivity contribution in [3.8, 4) is 11.3 Å². The van der Waals surface area contributed by atoms with Gasteiger partial charge in [0.15, 0.2) is 11.5 Å². The maximum atomic E-state index is 12.0. The summed E-state index contributed by atoms with van der Waals surface area (Å²) < 4.78 is 5.17. The first-order valence-corrected chi connectivity index (χ1v) is 7.10. The summed E-state index contributed by atoms with van der Waals surface area (Å²) >= 11 is 0. The molecule has 0 radical (unpaired) electrons. The molecule has 0 spiro atoms. The molecule has 2 unspecified atom stereocenters. The van der Waals surface area contributed by atoms with Gasteiger partial charge in [-0.05, 0) is 5.92 Å². The predicted octanol–water partition coefficient (Wildman–Crippen LogP) is 2.48. The molecule has 0 fully saturated rings. The van der Waals surface area contributed by atoms with Crippen LogP contribution in [0, 0.1) is 5.92 Å². The molecule has 0 aliphatic rings. The second-order valence-electron chi connectivity index (χ2n) is 5.11. The van der Waals surface area contributed by atoms with Crippen LogP contribution in [-0.2, 0) is 0 Å². The molecule has 0 aliphatic carbocycles. The highest BCUT2D eigenvalue weighted by molar-refractivity contribution is 5.93. The van der Waals surface area contributed by atoms with Crippen LogP contribution < -0.4 is 5.32 Å². The van der Waals surface area contributed by atoms with Crippen molar-refractivity contribution in [3.63, 3.8) is 0 Å². The average Bonchev–Trinajstić information content (AvgIpc) is 3.02. The first-order chi connectivity index (χ1) is 10.1. The Morgan fingerprint density at radius 2 is 2.10 bits per heavy atom. The van der Waals surface area contributed by atoms with Crippen LogP contribution in [-0.4, -0.2) is 28.8 Å². The van der Waals surface area contributed by atoms with Crippen molar-refractivity contribution in [2.45, 2.75) is 26.4 Å². The Bertz CT molecular complexity index is 580.